The lowest BCUT2D eigenvalue weighted by atomic mass is 9.85. The summed E-state index contributed by atoms with van der Waals surface area (Å²) in [5.74, 6) is 2.31. The summed E-state index contributed by atoms with van der Waals surface area (Å²) in [6, 6.07) is 14.2. The van der Waals surface area contributed by atoms with Crippen LogP contribution in [0.3, 0.4) is 0 Å². The smallest absolute Gasteiger partial charge is 0.226 e. The van der Waals surface area contributed by atoms with Gasteiger partial charge in [0.1, 0.15) is 17.5 Å². The minimum Gasteiger partial charge on any atom is -0.508 e. The Morgan fingerprint density at radius 1 is 1.13 bits per heavy atom. The number of ketones is 1. The van der Waals surface area contributed by atoms with Gasteiger partial charge in [0.15, 0.2) is 11.6 Å². The van der Waals surface area contributed by atoms with Crippen LogP contribution in [-0.2, 0) is 4.79 Å². The molecule has 2 N–H and O–H groups in total. The second kappa shape index (κ2) is 7.33. The van der Waals surface area contributed by atoms with Crippen molar-refractivity contribution in [1.29, 1.82) is 0 Å². The molecular formula is C23H22N4O3. The first-order valence-electron chi connectivity index (χ1n) is 10.2. The van der Waals surface area contributed by atoms with Crippen LogP contribution in [0.2, 0.25) is 0 Å². The van der Waals surface area contributed by atoms with Gasteiger partial charge in [0.2, 0.25) is 5.95 Å². The number of fused-ring (bicyclic) bond motifs is 1. The third kappa shape index (κ3) is 3.12. The zero-order valence-electron chi connectivity index (χ0n) is 16.6. The maximum Gasteiger partial charge on any atom is 0.226 e. The number of nitrogens with one attached hydrogen (secondary N) is 1. The Balaban J connectivity index is 1.60. The molecule has 7 heteroatoms. The number of anilines is 1. The molecule has 0 fully saturated rings. The molecule has 0 saturated heterocycles. The standard InChI is InChI=1S/C23H22N4O3/c1-2-30-17-12-8-15(9-13-17)22-25-23-24-18-4-3-5-19(29)20(18)21(27(23)26-22)14-6-10-16(28)11-7-14/h6-13,21,28H,2-5H2,1H3,(H,24,25,26). The minimum absolute atomic E-state index is 0.130. The summed E-state index contributed by atoms with van der Waals surface area (Å²) in [6.07, 6.45) is 2.17. The number of Topliss-reactive ketones (excluding diaryl/α,β-unsaturated/α-hetero) is 1. The van der Waals surface area contributed by atoms with Crippen LogP contribution in [0.15, 0.2) is 59.8 Å². The van der Waals surface area contributed by atoms with E-state index in [1.807, 2.05) is 43.3 Å². The molecule has 1 atom stereocenters. The van der Waals surface area contributed by atoms with Gasteiger partial charge in [-0.2, -0.15) is 4.98 Å². The van der Waals surface area contributed by atoms with Crippen LogP contribution in [0.25, 0.3) is 11.4 Å². The van der Waals surface area contributed by atoms with Crippen molar-refractivity contribution in [3.63, 3.8) is 0 Å². The van der Waals surface area contributed by atoms with Crippen molar-refractivity contribution >= 4 is 11.7 Å². The molecule has 0 radical (unpaired) electrons. The zero-order valence-corrected chi connectivity index (χ0v) is 16.6. The highest BCUT2D eigenvalue weighted by molar-refractivity contribution is 5.99. The maximum absolute atomic E-state index is 12.8. The van der Waals surface area contributed by atoms with Gasteiger partial charge < -0.3 is 15.2 Å². The number of allylic oxidation sites excluding steroid dienone is 2. The van der Waals surface area contributed by atoms with E-state index in [1.54, 1.807) is 16.8 Å². The fourth-order valence-corrected chi connectivity index (χ4v) is 4.11. The van der Waals surface area contributed by atoms with Gasteiger partial charge in [-0.3, -0.25) is 4.79 Å². The Morgan fingerprint density at radius 2 is 1.90 bits per heavy atom. The number of phenolic OH excluding ortho intramolecular Hbond substituents is 1. The lowest BCUT2D eigenvalue weighted by molar-refractivity contribution is -0.116. The van der Waals surface area contributed by atoms with Crippen molar-refractivity contribution in [2.24, 2.45) is 0 Å². The van der Waals surface area contributed by atoms with Gasteiger partial charge in [0.25, 0.3) is 0 Å². The van der Waals surface area contributed by atoms with E-state index in [0.29, 0.717) is 24.8 Å². The number of carbonyl (C=O) groups excluding carboxylic acids is 1. The molecule has 1 unspecified atom stereocenters. The lowest BCUT2D eigenvalue weighted by Gasteiger charge is -2.32. The number of carbonyl (C=O) groups is 1. The molecule has 152 valence electrons. The summed E-state index contributed by atoms with van der Waals surface area (Å²) in [5, 5.41) is 17.8. The number of nitrogens with zero attached hydrogens (tertiary/aromatic N) is 3. The van der Waals surface area contributed by atoms with Gasteiger partial charge in [0.05, 0.1) is 6.61 Å². The van der Waals surface area contributed by atoms with E-state index >= 15 is 0 Å². The van der Waals surface area contributed by atoms with Crippen LogP contribution in [0.5, 0.6) is 11.5 Å². The molecule has 1 aliphatic carbocycles. The van der Waals surface area contributed by atoms with Gasteiger partial charge >= 0.3 is 0 Å². The molecule has 2 aromatic carbocycles. The molecule has 1 aliphatic heterocycles. The molecule has 0 amide bonds. The number of phenols is 1. The SMILES string of the molecule is CCOc1ccc(-c2nc3n(n2)C(c2ccc(O)cc2)C2=C(CCCC2=O)N3)cc1. The molecule has 30 heavy (non-hydrogen) atoms. The average Bonchev–Trinajstić information content (AvgIpc) is 3.18. The number of hydrogen-bond donors (Lipinski definition) is 2. The third-order valence-electron chi connectivity index (χ3n) is 5.50. The molecule has 2 aliphatic rings. The highest BCUT2D eigenvalue weighted by atomic mass is 16.5. The highest BCUT2D eigenvalue weighted by Gasteiger charge is 2.36. The largest absolute Gasteiger partial charge is 0.508 e. The Kier molecular flexibility index (Phi) is 4.50. The normalized spacial score (nSPS) is 17.9. The Hall–Kier alpha value is -3.61. The second-order valence-electron chi connectivity index (χ2n) is 7.45. The monoisotopic (exact) mass is 402 g/mol. The number of benzene rings is 2. The molecule has 0 saturated carbocycles. The summed E-state index contributed by atoms with van der Waals surface area (Å²) in [4.78, 5) is 17.6. The summed E-state index contributed by atoms with van der Waals surface area (Å²) in [6.45, 7) is 2.56. The number of rotatable bonds is 4. The van der Waals surface area contributed by atoms with Crippen molar-refractivity contribution in [1.82, 2.24) is 14.8 Å². The van der Waals surface area contributed by atoms with E-state index in [1.165, 1.54) is 0 Å². The summed E-state index contributed by atoms with van der Waals surface area (Å²) >= 11 is 0. The van der Waals surface area contributed by atoms with Crippen LogP contribution < -0.4 is 10.1 Å². The summed E-state index contributed by atoms with van der Waals surface area (Å²) < 4.78 is 7.29. The van der Waals surface area contributed by atoms with Crippen molar-refractivity contribution < 1.29 is 14.6 Å². The quantitative estimate of drug-likeness (QED) is 0.684. The molecule has 3 aromatic rings. The Morgan fingerprint density at radius 3 is 2.63 bits per heavy atom. The number of aromatic nitrogens is 3. The lowest BCUT2D eigenvalue weighted by Crippen LogP contribution is -2.31. The first-order valence-corrected chi connectivity index (χ1v) is 10.2. The first kappa shape index (κ1) is 18.4. The van der Waals surface area contributed by atoms with Gasteiger partial charge in [-0.1, -0.05) is 12.1 Å². The van der Waals surface area contributed by atoms with Crippen LogP contribution in [0.4, 0.5) is 5.95 Å². The molecule has 0 bridgehead atoms. The van der Waals surface area contributed by atoms with Crippen LogP contribution in [0, 0.1) is 0 Å². The van der Waals surface area contributed by atoms with Crippen LogP contribution in [-0.4, -0.2) is 32.3 Å². The predicted molar refractivity (Wildman–Crippen MR) is 112 cm³/mol. The third-order valence-corrected chi connectivity index (χ3v) is 5.50. The Bertz CT molecular complexity index is 1130. The van der Waals surface area contributed by atoms with Crippen molar-refractivity contribution in [2.45, 2.75) is 32.2 Å². The molecule has 5 rings (SSSR count). The van der Waals surface area contributed by atoms with E-state index in [-0.39, 0.29) is 17.6 Å². The fraction of sp³-hybridized carbons (Fsp3) is 0.261. The zero-order chi connectivity index (χ0) is 20.7. The van der Waals surface area contributed by atoms with Crippen molar-refractivity contribution in [2.75, 3.05) is 11.9 Å². The molecule has 2 heterocycles. The van der Waals surface area contributed by atoms with E-state index in [4.69, 9.17) is 14.8 Å². The van der Waals surface area contributed by atoms with Gasteiger partial charge in [-0.15, -0.1) is 5.10 Å². The predicted octanol–water partition coefficient (Wildman–Crippen LogP) is 4.07. The van der Waals surface area contributed by atoms with Crippen molar-refractivity contribution in [3.8, 4) is 22.9 Å². The minimum atomic E-state index is -0.367. The topological polar surface area (TPSA) is 89.3 Å². The van der Waals surface area contributed by atoms with Gasteiger partial charge in [-0.05, 0) is 61.7 Å². The second-order valence-corrected chi connectivity index (χ2v) is 7.45. The average molecular weight is 402 g/mol. The molecule has 0 spiro atoms. The van der Waals surface area contributed by atoms with E-state index in [2.05, 4.69) is 5.32 Å². The van der Waals surface area contributed by atoms with E-state index < -0.39 is 0 Å². The molecule has 7 nitrogen and oxygen atoms in total. The molecular weight excluding hydrogens is 380 g/mol. The van der Waals surface area contributed by atoms with Gasteiger partial charge in [0, 0.05) is 23.3 Å². The number of ether oxygens (including phenoxy) is 1. The summed E-state index contributed by atoms with van der Waals surface area (Å²) in [5.41, 5.74) is 3.42. The Labute approximate surface area is 174 Å². The van der Waals surface area contributed by atoms with E-state index in [9.17, 15) is 9.90 Å². The van der Waals surface area contributed by atoms with Crippen LogP contribution >= 0.6 is 0 Å². The van der Waals surface area contributed by atoms with Crippen molar-refractivity contribution in [3.05, 3.63) is 65.4 Å². The summed E-state index contributed by atoms with van der Waals surface area (Å²) in [7, 11) is 0. The first-order chi connectivity index (χ1) is 14.6. The van der Waals surface area contributed by atoms with Crippen LogP contribution in [0.1, 0.15) is 37.8 Å². The van der Waals surface area contributed by atoms with E-state index in [0.717, 1.165) is 41.0 Å². The van der Waals surface area contributed by atoms with Gasteiger partial charge in [-0.25, -0.2) is 4.68 Å². The fourth-order valence-electron chi connectivity index (χ4n) is 4.11. The number of hydrogen-bond acceptors (Lipinski definition) is 6. The maximum atomic E-state index is 12.8. The number of aromatic hydroxyl groups is 1. The highest BCUT2D eigenvalue weighted by Crippen LogP contribution is 2.40. The molecule has 1 aromatic heterocycles.